The Kier molecular flexibility index (Phi) is 3.37. The highest BCUT2D eigenvalue weighted by molar-refractivity contribution is 5.30. The molecule has 1 N–H and O–H groups in total. The van der Waals surface area contributed by atoms with Gasteiger partial charge in [0.1, 0.15) is 6.17 Å². The maximum atomic E-state index is 13.3. The lowest BCUT2D eigenvalue weighted by Gasteiger charge is -2.26. The summed E-state index contributed by atoms with van der Waals surface area (Å²) in [4.78, 5) is 0. The molecule has 0 aromatic heterocycles. The van der Waals surface area contributed by atoms with Gasteiger partial charge in [-0.15, -0.1) is 0 Å². The number of rotatable bonds is 2. The molecule has 0 amide bonds. The first kappa shape index (κ1) is 10.6. The van der Waals surface area contributed by atoms with Crippen LogP contribution >= 0.6 is 0 Å². The number of hydrogen-bond donors (Lipinski definition) is 1. The predicted molar refractivity (Wildman–Crippen MR) is 58.5 cm³/mol. The summed E-state index contributed by atoms with van der Waals surface area (Å²) in [5.74, 6) is 0.303. The summed E-state index contributed by atoms with van der Waals surface area (Å²) in [6, 6.07) is 7.84. The molecule has 1 aliphatic rings. The van der Waals surface area contributed by atoms with Crippen LogP contribution in [-0.4, -0.2) is 11.3 Å². The molecule has 1 fully saturated rings. The van der Waals surface area contributed by atoms with Crippen molar-refractivity contribution in [2.75, 3.05) is 0 Å². The van der Waals surface area contributed by atoms with E-state index >= 15 is 0 Å². The Labute approximate surface area is 89.9 Å². The Balaban J connectivity index is 2.20. The number of hydrogen-bond acceptors (Lipinski definition) is 1. The summed E-state index contributed by atoms with van der Waals surface area (Å²) in [5, 5.41) is 9.22. The second-order valence-electron chi connectivity index (χ2n) is 4.32. The third-order valence-corrected chi connectivity index (χ3v) is 3.28. The zero-order valence-electron chi connectivity index (χ0n) is 8.82. The quantitative estimate of drug-likeness (QED) is 0.791. The summed E-state index contributed by atoms with van der Waals surface area (Å²) in [5.41, 5.74) is 2.10. The maximum absolute atomic E-state index is 13.3. The fraction of sp³-hybridized carbons (Fsp3) is 0.538. The van der Waals surface area contributed by atoms with E-state index in [1.54, 1.807) is 0 Å². The Morgan fingerprint density at radius 1 is 1.27 bits per heavy atom. The van der Waals surface area contributed by atoms with Crippen molar-refractivity contribution in [3.05, 3.63) is 35.4 Å². The SMILES string of the molecule is OCc1ccccc1C1CCCC(F)C1. The van der Waals surface area contributed by atoms with E-state index in [9.17, 15) is 9.50 Å². The predicted octanol–water partition coefficient (Wildman–Crippen LogP) is 3.17. The Morgan fingerprint density at radius 2 is 2.07 bits per heavy atom. The molecule has 2 unspecified atom stereocenters. The van der Waals surface area contributed by atoms with Crippen molar-refractivity contribution >= 4 is 0 Å². The van der Waals surface area contributed by atoms with Gasteiger partial charge in [-0.05, 0) is 42.7 Å². The standard InChI is InChI=1S/C13H17FO/c14-12-6-3-5-10(8-12)13-7-2-1-4-11(13)9-15/h1-2,4,7,10,12,15H,3,5-6,8-9H2. The zero-order valence-corrected chi connectivity index (χ0v) is 8.82. The molecule has 0 heterocycles. The van der Waals surface area contributed by atoms with Gasteiger partial charge in [-0.25, -0.2) is 4.39 Å². The molecule has 2 heteroatoms. The van der Waals surface area contributed by atoms with E-state index in [-0.39, 0.29) is 6.61 Å². The fourth-order valence-electron chi connectivity index (χ4n) is 2.49. The molecule has 2 atom stereocenters. The number of aliphatic hydroxyl groups is 1. The van der Waals surface area contributed by atoms with E-state index in [2.05, 4.69) is 0 Å². The fourth-order valence-corrected chi connectivity index (χ4v) is 2.49. The Morgan fingerprint density at radius 3 is 2.80 bits per heavy atom. The van der Waals surface area contributed by atoms with E-state index in [1.807, 2.05) is 24.3 Å². The van der Waals surface area contributed by atoms with Gasteiger partial charge in [-0.2, -0.15) is 0 Å². The Bertz CT molecular complexity index is 324. The minimum Gasteiger partial charge on any atom is -0.392 e. The van der Waals surface area contributed by atoms with Crippen LogP contribution in [0.3, 0.4) is 0 Å². The number of alkyl halides is 1. The molecule has 15 heavy (non-hydrogen) atoms. The van der Waals surface area contributed by atoms with Crippen LogP contribution in [0.2, 0.25) is 0 Å². The molecular formula is C13H17FO. The topological polar surface area (TPSA) is 20.2 Å². The highest BCUT2D eigenvalue weighted by Gasteiger charge is 2.23. The van der Waals surface area contributed by atoms with E-state index in [0.29, 0.717) is 18.8 Å². The maximum Gasteiger partial charge on any atom is 0.101 e. The van der Waals surface area contributed by atoms with E-state index in [0.717, 1.165) is 24.0 Å². The van der Waals surface area contributed by atoms with Gasteiger partial charge in [0.25, 0.3) is 0 Å². The van der Waals surface area contributed by atoms with Crippen molar-refractivity contribution in [1.82, 2.24) is 0 Å². The van der Waals surface area contributed by atoms with Gasteiger partial charge in [0.2, 0.25) is 0 Å². The molecule has 82 valence electrons. The number of benzene rings is 1. The van der Waals surface area contributed by atoms with Crippen molar-refractivity contribution in [2.24, 2.45) is 0 Å². The summed E-state index contributed by atoms with van der Waals surface area (Å²) < 4.78 is 13.3. The highest BCUT2D eigenvalue weighted by atomic mass is 19.1. The third-order valence-electron chi connectivity index (χ3n) is 3.28. The number of aliphatic hydroxyl groups excluding tert-OH is 1. The van der Waals surface area contributed by atoms with Crippen molar-refractivity contribution < 1.29 is 9.50 Å². The molecule has 1 aliphatic carbocycles. The molecule has 1 saturated carbocycles. The zero-order chi connectivity index (χ0) is 10.7. The summed E-state index contributed by atoms with van der Waals surface area (Å²) in [6.45, 7) is 0.0592. The number of halogens is 1. The normalized spacial score (nSPS) is 26.5. The minimum atomic E-state index is -0.657. The van der Waals surface area contributed by atoms with Crippen molar-refractivity contribution in [3.8, 4) is 0 Å². The van der Waals surface area contributed by atoms with Gasteiger partial charge in [0.15, 0.2) is 0 Å². The van der Waals surface area contributed by atoms with Crippen LogP contribution in [0.4, 0.5) is 4.39 Å². The lowest BCUT2D eigenvalue weighted by atomic mass is 9.81. The Hall–Kier alpha value is -0.890. The second-order valence-corrected chi connectivity index (χ2v) is 4.32. The average molecular weight is 208 g/mol. The summed E-state index contributed by atoms with van der Waals surface area (Å²) in [6.07, 6.45) is 2.69. The van der Waals surface area contributed by atoms with Crippen LogP contribution in [0.1, 0.15) is 42.7 Å². The summed E-state index contributed by atoms with van der Waals surface area (Å²) >= 11 is 0. The van der Waals surface area contributed by atoms with E-state index in [4.69, 9.17) is 0 Å². The first-order valence-corrected chi connectivity index (χ1v) is 5.64. The van der Waals surface area contributed by atoms with Crippen LogP contribution in [-0.2, 0) is 6.61 Å². The van der Waals surface area contributed by atoms with E-state index in [1.165, 1.54) is 0 Å². The van der Waals surface area contributed by atoms with Crippen molar-refractivity contribution in [2.45, 2.75) is 44.4 Å². The molecule has 1 aromatic rings. The largest absolute Gasteiger partial charge is 0.392 e. The first-order chi connectivity index (χ1) is 7.31. The van der Waals surface area contributed by atoms with Crippen LogP contribution in [0.5, 0.6) is 0 Å². The smallest absolute Gasteiger partial charge is 0.101 e. The molecule has 1 aromatic carbocycles. The van der Waals surface area contributed by atoms with Gasteiger partial charge in [0.05, 0.1) is 6.61 Å². The van der Waals surface area contributed by atoms with Gasteiger partial charge in [0, 0.05) is 0 Å². The molecule has 1 nitrogen and oxygen atoms in total. The third kappa shape index (κ3) is 2.37. The van der Waals surface area contributed by atoms with Crippen LogP contribution in [0.25, 0.3) is 0 Å². The molecule has 0 spiro atoms. The van der Waals surface area contributed by atoms with Gasteiger partial charge in [-0.3, -0.25) is 0 Å². The average Bonchev–Trinajstić information content (AvgIpc) is 2.29. The van der Waals surface area contributed by atoms with Gasteiger partial charge < -0.3 is 5.11 Å². The van der Waals surface area contributed by atoms with Crippen LogP contribution in [0.15, 0.2) is 24.3 Å². The first-order valence-electron chi connectivity index (χ1n) is 5.64. The van der Waals surface area contributed by atoms with Crippen LogP contribution in [0, 0.1) is 0 Å². The van der Waals surface area contributed by atoms with E-state index < -0.39 is 6.17 Å². The molecular weight excluding hydrogens is 191 g/mol. The molecule has 0 aliphatic heterocycles. The second kappa shape index (κ2) is 4.75. The summed E-state index contributed by atoms with van der Waals surface area (Å²) in [7, 11) is 0. The van der Waals surface area contributed by atoms with Crippen molar-refractivity contribution in [1.29, 1.82) is 0 Å². The van der Waals surface area contributed by atoms with Gasteiger partial charge >= 0.3 is 0 Å². The highest BCUT2D eigenvalue weighted by Crippen LogP contribution is 2.35. The lowest BCUT2D eigenvalue weighted by molar-refractivity contribution is 0.228. The molecule has 0 saturated heterocycles. The van der Waals surface area contributed by atoms with Crippen molar-refractivity contribution in [3.63, 3.8) is 0 Å². The molecule has 0 radical (unpaired) electrons. The lowest BCUT2D eigenvalue weighted by Crippen LogP contribution is -2.15. The van der Waals surface area contributed by atoms with Crippen LogP contribution < -0.4 is 0 Å². The van der Waals surface area contributed by atoms with Gasteiger partial charge in [-0.1, -0.05) is 24.3 Å². The molecule has 2 rings (SSSR count). The minimum absolute atomic E-state index is 0.0592. The molecule has 0 bridgehead atoms. The monoisotopic (exact) mass is 208 g/mol.